The second-order valence-electron chi connectivity index (χ2n) is 4.88. The number of rotatable bonds is 2. The molecule has 1 aliphatic carbocycles. The summed E-state index contributed by atoms with van der Waals surface area (Å²) >= 11 is 0. The molecule has 0 aromatic carbocycles. The Morgan fingerprint density at radius 1 is 1.33 bits per heavy atom. The largest absolute Gasteiger partial charge is 0.299 e. The molecule has 0 N–H and O–H groups in total. The Morgan fingerprint density at radius 3 is 2.80 bits per heavy atom. The number of nitrogens with zero attached hydrogens (tertiary/aromatic N) is 1. The van der Waals surface area contributed by atoms with Crippen LogP contribution in [0.3, 0.4) is 0 Å². The van der Waals surface area contributed by atoms with Gasteiger partial charge in [0.1, 0.15) is 5.78 Å². The van der Waals surface area contributed by atoms with E-state index in [2.05, 4.69) is 36.1 Å². The fourth-order valence-corrected chi connectivity index (χ4v) is 2.81. The summed E-state index contributed by atoms with van der Waals surface area (Å²) in [4.78, 5) is 13.4. The quantitative estimate of drug-likeness (QED) is 0.686. The summed E-state index contributed by atoms with van der Waals surface area (Å²) in [7, 11) is 0. The minimum Gasteiger partial charge on any atom is -0.299 e. The van der Waals surface area contributed by atoms with Crippen LogP contribution >= 0.6 is 0 Å². The Balaban J connectivity index is 2.03. The number of hydrogen-bond acceptors (Lipinski definition) is 2. The number of piperidine rings is 1. The van der Waals surface area contributed by atoms with Crippen molar-refractivity contribution >= 4 is 5.78 Å². The van der Waals surface area contributed by atoms with Crippen LogP contribution in [0.15, 0.2) is 24.3 Å². The first kappa shape index (κ1) is 10.6. The van der Waals surface area contributed by atoms with Crippen LogP contribution in [0.25, 0.3) is 0 Å². The molecule has 0 radical (unpaired) electrons. The minimum absolute atomic E-state index is 0.274. The van der Waals surface area contributed by atoms with Gasteiger partial charge in [-0.2, -0.15) is 0 Å². The average molecular weight is 205 g/mol. The highest BCUT2D eigenvalue weighted by Crippen LogP contribution is 2.32. The van der Waals surface area contributed by atoms with E-state index in [-0.39, 0.29) is 5.78 Å². The molecule has 2 heteroatoms. The standard InChI is InChI=1S/C13H19NO/c1-10-7-14(8-11(2)15)9-12-5-3-4-6-13(10)12/h3-6,10,12-13H,7-9H2,1-2H3/t10-,12+,13-/m0/s1. The van der Waals surface area contributed by atoms with Gasteiger partial charge in [0.05, 0.1) is 6.54 Å². The molecule has 1 saturated heterocycles. The molecule has 0 unspecified atom stereocenters. The number of carbonyl (C=O) groups is 1. The lowest BCUT2D eigenvalue weighted by Crippen LogP contribution is -2.46. The molecule has 0 amide bonds. The highest BCUT2D eigenvalue weighted by Gasteiger charge is 2.32. The van der Waals surface area contributed by atoms with Gasteiger partial charge in [-0.15, -0.1) is 0 Å². The van der Waals surface area contributed by atoms with E-state index in [1.54, 1.807) is 6.92 Å². The van der Waals surface area contributed by atoms with E-state index in [9.17, 15) is 4.79 Å². The zero-order valence-corrected chi connectivity index (χ0v) is 9.52. The first-order valence-corrected chi connectivity index (χ1v) is 5.73. The summed E-state index contributed by atoms with van der Waals surface area (Å²) in [6.45, 7) is 6.67. The van der Waals surface area contributed by atoms with Crippen molar-refractivity contribution in [2.45, 2.75) is 13.8 Å². The Bertz CT molecular complexity index is 306. The zero-order chi connectivity index (χ0) is 10.8. The van der Waals surface area contributed by atoms with Gasteiger partial charge in [-0.25, -0.2) is 0 Å². The van der Waals surface area contributed by atoms with Gasteiger partial charge in [0, 0.05) is 13.1 Å². The van der Waals surface area contributed by atoms with E-state index in [4.69, 9.17) is 0 Å². The molecule has 2 aliphatic rings. The molecule has 0 aromatic heterocycles. The van der Waals surface area contributed by atoms with Gasteiger partial charge in [0.2, 0.25) is 0 Å². The molecule has 1 heterocycles. The maximum absolute atomic E-state index is 11.1. The fraction of sp³-hybridized carbons (Fsp3) is 0.615. The number of hydrogen-bond donors (Lipinski definition) is 0. The van der Waals surface area contributed by atoms with Gasteiger partial charge in [-0.05, 0) is 24.7 Å². The topological polar surface area (TPSA) is 20.3 Å². The van der Waals surface area contributed by atoms with Crippen LogP contribution in [0.5, 0.6) is 0 Å². The Hall–Kier alpha value is -0.890. The molecule has 0 aromatic rings. The zero-order valence-electron chi connectivity index (χ0n) is 9.52. The van der Waals surface area contributed by atoms with Crippen molar-refractivity contribution in [2.75, 3.05) is 19.6 Å². The van der Waals surface area contributed by atoms with Gasteiger partial charge >= 0.3 is 0 Å². The van der Waals surface area contributed by atoms with Crippen LogP contribution in [0, 0.1) is 17.8 Å². The van der Waals surface area contributed by atoms with Crippen LogP contribution in [0.4, 0.5) is 0 Å². The van der Waals surface area contributed by atoms with Gasteiger partial charge < -0.3 is 0 Å². The number of carbonyl (C=O) groups excluding carboxylic acids is 1. The van der Waals surface area contributed by atoms with Crippen molar-refractivity contribution in [3.63, 3.8) is 0 Å². The second-order valence-corrected chi connectivity index (χ2v) is 4.88. The van der Waals surface area contributed by atoms with Gasteiger partial charge in [0.15, 0.2) is 0 Å². The maximum atomic E-state index is 11.1. The number of ketones is 1. The van der Waals surface area contributed by atoms with E-state index >= 15 is 0 Å². The molecule has 1 aliphatic heterocycles. The lowest BCUT2D eigenvalue weighted by Gasteiger charge is -2.41. The third kappa shape index (κ3) is 2.37. The van der Waals surface area contributed by atoms with Crippen molar-refractivity contribution < 1.29 is 4.79 Å². The molecule has 15 heavy (non-hydrogen) atoms. The minimum atomic E-state index is 0.274. The molecule has 0 saturated carbocycles. The van der Waals surface area contributed by atoms with Crippen LogP contribution in [0.2, 0.25) is 0 Å². The third-order valence-corrected chi connectivity index (χ3v) is 3.42. The molecule has 2 rings (SSSR count). The first-order chi connectivity index (χ1) is 7.16. The highest BCUT2D eigenvalue weighted by atomic mass is 16.1. The monoisotopic (exact) mass is 205 g/mol. The molecule has 0 spiro atoms. The van der Waals surface area contributed by atoms with Crippen molar-refractivity contribution in [3.05, 3.63) is 24.3 Å². The van der Waals surface area contributed by atoms with Crippen molar-refractivity contribution in [2.24, 2.45) is 17.8 Å². The average Bonchev–Trinajstić information content (AvgIpc) is 2.16. The summed E-state index contributed by atoms with van der Waals surface area (Å²) in [5, 5.41) is 0. The smallest absolute Gasteiger partial charge is 0.143 e. The lowest BCUT2D eigenvalue weighted by molar-refractivity contribution is -0.118. The van der Waals surface area contributed by atoms with E-state index in [0.29, 0.717) is 24.3 Å². The van der Waals surface area contributed by atoms with Crippen LogP contribution in [0.1, 0.15) is 13.8 Å². The molecule has 3 atom stereocenters. The molecule has 2 nitrogen and oxygen atoms in total. The Labute approximate surface area is 91.6 Å². The van der Waals surface area contributed by atoms with E-state index in [0.717, 1.165) is 13.1 Å². The molecular formula is C13H19NO. The summed E-state index contributed by atoms with van der Waals surface area (Å²) in [6, 6.07) is 0. The van der Waals surface area contributed by atoms with Crippen molar-refractivity contribution in [1.82, 2.24) is 4.90 Å². The number of likely N-dealkylation sites (tertiary alicyclic amines) is 1. The Morgan fingerprint density at radius 2 is 2.07 bits per heavy atom. The summed E-state index contributed by atoms with van der Waals surface area (Å²) in [6.07, 6.45) is 8.89. The molecule has 82 valence electrons. The predicted octanol–water partition coefficient (Wildman–Crippen LogP) is 1.89. The van der Waals surface area contributed by atoms with Crippen molar-refractivity contribution in [3.8, 4) is 0 Å². The van der Waals surface area contributed by atoms with Crippen LogP contribution < -0.4 is 0 Å². The van der Waals surface area contributed by atoms with E-state index < -0.39 is 0 Å². The van der Waals surface area contributed by atoms with Crippen molar-refractivity contribution in [1.29, 1.82) is 0 Å². The van der Waals surface area contributed by atoms with Gasteiger partial charge in [-0.3, -0.25) is 9.69 Å². The number of fused-ring (bicyclic) bond motifs is 1. The highest BCUT2D eigenvalue weighted by molar-refractivity contribution is 5.77. The molecular weight excluding hydrogens is 186 g/mol. The molecule has 0 bridgehead atoms. The summed E-state index contributed by atoms with van der Waals surface area (Å²) in [5.74, 6) is 2.22. The molecule has 1 fully saturated rings. The van der Waals surface area contributed by atoms with Gasteiger partial charge in [0.25, 0.3) is 0 Å². The van der Waals surface area contributed by atoms with Crippen LogP contribution in [-0.2, 0) is 4.79 Å². The van der Waals surface area contributed by atoms with E-state index in [1.165, 1.54) is 0 Å². The number of allylic oxidation sites excluding steroid dienone is 3. The predicted molar refractivity (Wildman–Crippen MR) is 61.5 cm³/mol. The number of Topliss-reactive ketones (excluding diaryl/α,β-unsaturated/α-hetero) is 1. The van der Waals surface area contributed by atoms with E-state index in [1.807, 2.05) is 0 Å². The summed E-state index contributed by atoms with van der Waals surface area (Å²) in [5.41, 5.74) is 0. The first-order valence-electron chi connectivity index (χ1n) is 5.73. The Kier molecular flexibility index (Phi) is 3.06. The SMILES string of the molecule is CC(=O)CN1C[C@H]2C=CC=C[C@H]2[C@@H](C)C1. The maximum Gasteiger partial charge on any atom is 0.143 e. The lowest BCUT2D eigenvalue weighted by atomic mass is 9.76. The second kappa shape index (κ2) is 4.31. The fourth-order valence-electron chi connectivity index (χ4n) is 2.81. The van der Waals surface area contributed by atoms with Crippen LogP contribution in [-0.4, -0.2) is 30.3 Å². The third-order valence-electron chi connectivity index (χ3n) is 3.42. The normalized spacial score (nSPS) is 35.2. The summed E-state index contributed by atoms with van der Waals surface area (Å²) < 4.78 is 0. The van der Waals surface area contributed by atoms with Gasteiger partial charge in [-0.1, -0.05) is 31.2 Å².